The van der Waals surface area contributed by atoms with Crippen molar-refractivity contribution in [1.29, 1.82) is 0 Å². The van der Waals surface area contributed by atoms with E-state index in [4.69, 9.17) is 28.4 Å². The zero-order valence-electron chi connectivity index (χ0n) is 11.1. The first-order valence-electron chi connectivity index (χ1n) is 5.45. The zero-order chi connectivity index (χ0) is 12.9. The van der Waals surface area contributed by atoms with Gasteiger partial charge in [0, 0.05) is 35.5 Å². The summed E-state index contributed by atoms with van der Waals surface area (Å²) in [6.45, 7) is 0.676. The van der Waals surface area contributed by atoms with Crippen LogP contribution in [-0.2, 0) is 28.4 Å². The molecule has 1 aliphatic heterocycles. The summed E-state index contributed by atoms with van der Waals surface area (Å²) in [6, 6.07) is 0. The monoisotopic (exact) mass is 250 g/mol. The van der Waals surface area contributed by atoms with Gasteiger partial charge in [0.05, 0.1) is 6.61 Å². The predicted octanol–water partition coefficient (Wildman–Crippen LogP) is 0.0507. The maximum atomic E-state index is 5.86. The normalized spacial score (nSPS) is 37.6. The molecule has 1 rings (SSSR count). The van der Waals surface area contributed by atoms with Crippen molar-refractivity contribution in [1.82, 2.24) is 0 Å². The summed E-state index contributed by atoms with van der Waals surface area (Å²) in [7, 11) is 7.97. The SMILES string of the molecule is COC[C@H]1O[C@@](COC)(OC)[C@H](OC)C1OC. The molecule has 0 aromatic carbocycles. The average molecular weight is 250 g/mol. The molecule has 102 valence electrons. The number of hydrogen-bond acceptors (Lipinski definition) is 6. The predicted molar refractivity (Wildman–Crippen MR) is 60.0 cm³/mol. The number of ether oxygens (including phenoxy) is 6. The Kier molecular flexibility index (Phi) is 5.78. The van der Waals surface area contributed by atoms with Crippen LogP contribution in [0.1, 0.15) is 0 Å². The third kappa shape index (κ3) is 2.78. The molecule has 1 unspecified atom stereocenters. The third-order valence-electron chi connectivity index (χ3n) is 3.00. The molecule has 0 radical (unpaired) electrons. The molecule has 0 aromatic heterocycles. The molecule has 0 bridgehead atoms. The van der Waals surface area contributed by atoms with Crippen LogP contribution in [0.5, 0.6) is 0 Å². The summed E-state index contributed by atoms with van der Waals surface area (Å²) < 4.78 is 32.4. The van der Waals surface area contributed by atoms with Crippen LogP contribution in [0.25, 0.3) is 0 Å². The van der Waals surface area contributed by atoms with E-state index in [9.17, 15) is 0 Å². The van der Waals surface area contributed by atoms with Crippen LogP contribution >= 0.6 is 0 Å². The fourth-order valence-corrected chi connectivity index (χ4v) is 2.26. The molecule has 1 fully saturated rings. The minimum Gasteiger partial charge on any atom is -0.382 e. The molecular formula is C11H22O6. The van der Waals surface area contributed by atoms with Crippen molar-refractivity contribution in [2.24, 2.45) is 0 Å². The largest absolute Gasteiger partial charge is 0.382 e. The van der Waals surface area contributed by atoms with E-state index in [0.29, 0.717) is 6.61 Å². The van der Waals surface area contributed by atoms with E-state index in [1.54, 1.807) is 35.5 Å². The lowest BCUT2D eigenvalue weighted by atomic mass is 10.1. The molecular weight excluding hydrogens is 228 g/mol. The summed E-state index contributed by atoms with van der Waals surface area (Å²) in [4.78, 5) is 0. The quantitative estimate of drug-likeness (QED) is 0.636. The summed E-state index contributed by atoms with van der Waals surface area (Å²) >= 11 is 0. The topological polar surface area (TPSA) is 55.4 Å². The number of methoxy groups -OCH3 is 5. The molecule has 0 aromatic rings. The zero-order valence-corrected chi connectivity index (χ0v) is 11.1. The van der Waals surface area contributed by atoms with Crippen molar-refractivity contribution in [3.63, 3.8) is 0 Å². The molecule has 0 amide bonds. The summed E-state index contributed by atoms with van der Waals surface area (Å²) in [6.07, 6.45) is -0.863. The lowest BCUT2D eigenvalue weighted by Crippen LogP contribution is -2.49. The Hall–Kier alpha value is -0.240. The van der Waals surface area contributed by atoms with E-state index in [0.717, 1.165) is 0 Å². The number of hydrogen-bond donors (Lipinski definition) is 0. The molecule has 4 atom stereocenters. The minimum atomic E-state index is -0.951. The highest BCUT2D eigenvalue weighted by Gasteiger charge is 2.56. The van der Waals surface area contributed by atoms with Gasteiger partial charge >= 0.3 is 0 Å². The fourth-order valence-electron chi connectivity index (χ4n) is 2.26. The molecule has 1 heterocycles. The first kappa shape index (κ1) is 14.8. The fraction of sp³-hybridized carbons (Fsp3) is 1.00. The molecule has 0 N–H and O–H groups in total. The highest BCUT2D eigenvalue weighted by Crippen LogP contribution is 2.35. The Labute approximate surface area is 102 Å². The first-order chi connectivity index (χ1) is 8.18. The Balaban J connectivity index is 2.90. The summed E-state index contributed by atoms with van der Waals surface area (Å²) in [5.41, 5.74) is 0. The first-order valence-corrected chi connectivity index (χ1v) is 5.45. The smallest absolute Gasteiger partial charge is 0.221 e. The molecule has 0 saturated carbocycles. The van der Waals surface area contributed by atoms with Crippen LogP contribution in [0.3, 0.4) is 0 Å². The second kappa shape index (κ2) is 6.63. The van der Waals surface area contributed by atoms with Gasteiger partial charge in [-0.05, 0) is 0 Å². The van der Waals surface area contributed by atoms with Crippen LogP contribution in [0.4, 0.5) is 0 Å². The van der Waals surface area contributed by atoms with Gasteiger partial charge in [-0.1, -0.05) is 0 Å². The molecule has 6 nitrogen and oxygen atoms in total. The van der Waals surface area contributed by atoms with Gasteiger partial charge in [0.1, 0.15) is 24.9 Å². The highest BCUT2D eigenvalue weighted by atomic mass is 16.8. The lowest BCUT2D eigenvalue weighted by molar-refractivity contribution is -0.271. The Morgan fingerprint density at radius 2 is 1.71 bits per heavy atom. The Morgan fingerprint density at radius 3 is 2.12 bits per heavy atom. The van der Waals surface area contributed by atoms with Gasteiger partial charge in [0.25, 0.3) is 0 Å². The van der Waals surface area contributed by atoms with Gasteiger partial charge in [-0.25, -0.2) is 0 Å². The van der Waals surface area contributed by atoms with Gasteiger partial charge < -0.3 is 28.4 Å². The van der Waals surface area contributed by atoms with Crippen molar-refractivity contribution < 1.29 is 28.4 Å². The van der Waals surface area contributed by atoms with Crippen LogP contribution in [0.15, 0.2) is 0 Å². The Bertz CT molecular complexity index is 224. The maximum absolute atomic E-state index is 5.86. The molecule has 17 heavy (non-hydrogen) atoms. The van der Waals surface area contributed by atoms with Gasteiger partial charge in [-0.2, -0.15) is 0 Å². The molecule has 0 spiro atoms. The minimum absolute atomic E-state index is 0.245. The third-order valence-corrected chi connectivity index (χ3v) is 3.00. The van der Waals surface area contributed by atoms with Crippen molar-refractivity contribution in [3.05, 3.63) is 0 Å². The molecule has 6 heteroatoms. The maximum Gasteiger partial charge on any atom is 0.221 e. The van der Waals surface area contributed by atoms with E-state index in [-0.39, 0.29) is 24.9 Å². The second-order valence-electron chi connectivity index (χ2n) is 3.92. The summed E-state index contributed by atoms with van der Waals surface area (Å²) in [5, 5.41) is 0. The Morgan fingerprint density at radius 1 is 1.00 bits per heavy atom. The van der Waals surface area contributed by atoms with Crippen molar-refractivity contribution in [3.8, 4) is 0 Å². The van der Waals surface area contributed by atoms with Crippen molar-refractivity contribution in [2.75, 3.05) is 48.8 Å². The molecule has 0 aliphatic carbocycles. The standard InChI is InChI=1S/C11H22O6/c1-12-6-8-9(14-3)10(15-4)11(16-5,17-8)7-13-2/h8-10H,6-7H2,1-5H3/t8-,9?,10-,11-/m1/s1. The van der Waals surface area contributed by atoms with Crippen LogP contribution in [0.2, 0.25) is 0 Å². The van der Waals surface area contributed by atoms with Crippen molar-refractivity contribution >= 4 is 0 Å². The number of rotatable bonds is 7. The molecule has 1 saturated heterocycles. The summed E-state index contributed by atoms with van der Waals surface area (Å²) in [5.74, 6) is -0.951. The van der Waals surface area contributed by atoms with Gasteiger partial charge in [-0.15, -0.1) is 0 Å². The van der Waals surface area contributed by atoms with E-state index < -0.39 is 5.79 Å². The van der Waals surface area contributed by atoms with Crippen LogP contribution in [0, 0.1) is 0 Å². The van der Waals surface area contributed by atoms with E-state index in [1.165, 1.54) is 0 Å². The molecule has 1 aliphatic rings. The highest BCUT2D eigenvalue weighted by molar-refractivity contribution is 4.98. The van der Waals surface area contributed by atoms with E-state index in [2.05, 4.69) is 0 Å². The van der Waals surface area contributed by atoms with E-state index in [1.807, 2.05) is 0 Å². The van der Waals surface area contributed by atoms with Crippen LogP contribution < -0.4 is 0 Å². The van der Waals surface area contributed by atoms with Crippen LogP contribution in [-0.4, -0.2) is 72.9 Å². The van der Waals surface area contributed by atoms with Gasteiger partial charge in [0.2, 0.25) is 5.79 Å². The second-order valence-corrected chi connectivity index (χ2v) is 3.92. The lowest BCUT2D eigenvalue weighted by Gasteiger charge is -2.31. The van der Waals surface area contributed by atoms with Gasteiger partial charge in [-0.3, -0.25) is 0 Å². The average Bonchev–Trinajstić information content (AvgIpc) is 2.63. The van der Waals surface area contributed by atoms with Crippen molar-refractivity contribution in [2.45, 2.75) is 24.1 Å². The van der Waals surface area contributed by atoms with E-state index >= 15 is 0 Å². The van der Waals surface area contributed by atoms with Gasteiger partial charge in [0.15, 0.2) is 0 Å².